The Morgan fingerprint density at radius 3 is 2.40 bits per heavy atom. The van der Waals surface area contributed by atoms with Crippen LogP contribution in [0.25, 0.3) is 22.5 Å². The molecule has 0 saturated heterocycles. The van der Waals surface area contributed by atoms with E-state index >= 15 is 0 Å². The number of aliphatic hydroxyl groups excluding tert-OH is 1. The van der Waals surface area contributed by atoms with Crippen molar-refractivity contribution in [2.24, 2.45) is 0 Å². The highest BCUT2D eigenvalue weighted by atomic mass is 31.2. The average Bonchev–Trinajstić information content (AvgIpc) is 3.55. The van der Waals surface area contributed by atoms with Crippen molar-refractivity contribution in [3.05, 3.63) is 83.9 Å². The molecule has 2 amide bonds. The van der Waals surface area contributed by atoms with Crippen LogP contribution in [0.5, 0.6) is 5.75 Å². The second-order valence-corrected chi connectivity index (χ2v) is 14.4. The van der Waals surface area contributed by atoms with Crippen molar-refractivity contribution in [2.75, 3.05) is 44.5 Å². The molecule has 53 heavy (non-hydrogen) atoms. The van der Waals surface area contributed by atoms with Gasteiger partial charge in [0.05, 0.1) is 43.2 Å². The molecule has 1 aliphatic heterocycles. The van der Waals surface area contributed by atoms with Gasteiger partial charge in [-0.05, 0) is 55.2 Å². The number of carbonyl (C=O) groups excluding carboxylic acids is 2. The third kappa shape index (κ3) is 11.3. The summed E-state index contributed by atoms with van der Waals surface area (Å²) in [6.07, 6.45) is 1.04. The normalized spacial score (nSPS) is 13.8. The van der Waals surface area contributed by atoms with Gasteiger partial charge in [-0.2, -0.15) is 0 Å². The number of nitrogens with one attached hydrogen (secondary N) is 1. The minimum atomic E-state index is -3.66. The Morgan fingerprint density at radius 2 is 1.64 bits per heavy atom. The van der Waals surface area contributed by atoms with E-state index in [0.29, 0.717) is 50.3 Å². The molecule has 282 valence electrons. The first-order valence-electron chi connectivity index (χ1n) is 17.3. The van der Waals surface area contributed by atoms with Gasteiger partial charge in [-0.3, -0.25) is 14.2 Å². The number of hydrogen-bond acceptors (Lipinski definition) is 10. The summed E-state index contributed by atoms with van der Waals surface area (Å²) in [6, 6.07) is 21.6. The number of rotatable bonds is 19. The molecule has 3 aromatic carbocycles. The van der Waals surface area contributed by atoms with E-state index in [9.17, 15) is 29.2 Å². The largest absolute Gasteiger partial charge is 0.492 e. The number of aromatic carboxylic acids is 1. The second kappa shape index (κ2) is 18.7. The molecule has 0 bridgehead atoms. The number of aromatic nitrogens is 3. The lowest BCUT2D eigenvalue weighted by molar-refractivity contribution is -0.122. The number of para-hydroxylation sites is 1. The third-order valence-corrected chi connectivity index (χ3v) is 9.04. The number of amides is 2. The van der Waals surface area contributed by atoms with Crippen LogP contribution in [-0.4, -0.2) is 93.6 Å². The van der Waals surface area contributed by atoms with Crippen molar-refractivity contribution >= 4 is 31.1 Å². The van der Waals surface area contributed by atoms with Crippen LogP contribution in [0.3, 0.4) is 0 Å². The van der Waals surface area contributed by atoms with Crippen LogP contribution in [-0.2, 0) is 36.5 Å². The fourth-order valence-electron chi connectivity index (χ4n) is 5.82. The lowest BCUT2D eigenvalue weighted by atomic mass is 9.95. The summed E-state index contributed by atoms with van der Waals surface area (Å²) in [5.41, 5.74) is 4.92. The molecule has 2 atom stereocenters. The van der Waals surface area contributed by atoms with Gasteiger partial charge < -0.3 is 39.3 Å². The number of ether oxygens (including phenoxy) is 2. The number of carboxylic acid groups (broad SMARTS) is 1. The SMILES string of the molecule is CP(=O)(O)OCC(O)COCCCNC(=O)CCCCC(=O)N1Cc2ccccc2-c2nnn(CCOc3ccc(C(=O)O)cc3)c2-c2ccccc21. The third-order valence-electron chi connectivity index (χ3n) is 8.41. The Hall–Kier alpha value is -4.92. The highest BCUT2D eigenvalue weighted by molar-refractivity contribution is 7.51. The van der Waals surface area contributed by atoms with E-state index in [1.807, 2.05) is 48.5 Å². The van der Waals surface area contributed by atoms with Crippen molar-refractivity contribution in [3.8, 4) is 28.3 Å². The maximum absolute atomic E-state index is 13.9. The van der Waals surface area contributed by atoms with Crippen molar-refractivity contribution in [3.63, 3.8) is 0 Å². The van der Waals surface area contributed by atoms with Gasteiger partial charge in [0, 0.05) is 43.8 Å². The molecule has 0 fully saturated rings. The Labute approximate surface area is 307 Å². The van der Waals surface area contributed by atoms with Gasteiger partial charge in [-0.25, -0.2) is 9.48 Å². The predicted molar refractivity (Wildman–Crippen MR) is 196 cm³/mol. The lowest BCUT2D eigenvalue weighted by Crippen LogP contribution is -2.32. The molecule has 0 saturated carbocycles. The zero-order valence-corrected chi connectivity index (χ0v) is 30.3. The van der Waals surface area contributed by atoms with Crippen molar-refractivity contribution < 1.29 is 48.1 Å². The van der Waals surface area contributed by atoms with Crippen LogP contribution >= 0.6 is 7.60 Å². The van der Waals surface area contributed by atoms with Gasteiger partial charge >= 0.3 is 13.6 Å². The van der Waals surface area contributed by atoms with Gasteiger partial charge in [-0.1, -0.05) is 47.7 Å². The smallest absolute Gasteiger partial charge is 0.335 e. The number of nitrogens with zero attached hydrogens (tertiary/aromatic N) is 4. The first-order chi connectivity index (χ1) is 25.5. The maximum Gasteiger partial charge on any atom is 0.335 e. The number of carboxylic acids is 1. The van der Waals surface area contributed by atoms with Gasteiger partial charge in [0.15, 0.2) is 0 Å². The van der Waals surface area contributed by atoms with Crippen LogP contribution < -0.4 is 15.0 Å². The van der Waals surface area contributed by atoms with Gasteiger partial charge in [0.25, 0.3) is 0 Å². The molecule has 0 aliphatic carbocycles. The van der Waals surface area contributed by atoms with Gasteiger partial charge in [0.1, 0.15) is 24.2 Å². The minimum Gasteiger partial charge on any atom is -0.492 e. The molecule has 5 rings (SSSR count). The van der Waals surface area contributed by atoms with Crippen molar-refractivity contribution in [2.45, 2.75) is 51.3 Å². The fourth-order valence-corrected chi connectivity index (χ4v) is 6.27. The Bertz CT molecular complexity index is 1910. The van der Waals surface area contributed by atoms with Crippen LogP contribution in [0.2, 0.25) is 0 Å². The number of benzene rings is 3. The van der Waals surface area contributed by atoms with E-state index in [2.05, 4.69) is 20.2 Å². The van der Waals surface area contributed by atoms with Crippen molar-refractivity contribution in [1.29, 1.82) is 0 Å². The van der Waals surface area contributed by atoms with E-state index < -0.39 is 19.7 Å². The predicted octanol–water partition coefficient (Wildman–Crippen LogP) is 4.51. The van der Waals surface area contributed by atoms with Gasteiger partial charge in [-0.15, -0.1) is 5.10 Å². The number of fused-ring (bicyclic) bond motifs is 5. The number of anilines is 1. The second-order valence-electron chi connectivity index (χ2n) is 12.6. The molecule has 15 nitrogen and oxygen atoms in total. The Morgan fingerprint density at radius 1 is 0.925 bits per heavy atom. The molecule has 2 heterocycles. The Kier molecular flexibility index (Phi) is 13.9. The number of carbonyl (C=O) groups is 3. The molecule has 0 radical (unpaired) electrons. The standard InChI is InChI=1S/C37H44N5O10P/c1-53(48,49)52-25-28(43)24-50-21-8-19-38-33(44)13-6-7-14-34(45)41-23-27-9-2-3-10-30(27)35-36(31-11-4-5-12-32(31)41)42(40-39-35)20-22-51-29-17-15-26(16-18-29)37(46)47/h2-5,9-12,15-18,28,43H,6-8,13-14,19-25H2,1H3,(H,38,44)(H,46,47)(H,48,49). The molecule has 1 aromatic heterocycles. The fraction of sp³-hybridized carbons (Fsp3) is 0.378. The minimum absolute atomic E-state index is 0.0557. The van der Waals surface area contributed by atoms with E-state index in [1.54, 1.807) is 21.7 Å². The molecular weight excluding hydrogens is 705 g/mol. The summed E-state index contributed by atoms with van der Waals surface area (Å²) in [6.45, 7) is 2.26. The monoisotopic (exact) mass is 749 g/mol. The molecule has 4 aromatic rings. The number of hydrogen-bond donors (Lipinski definition) is 4. The lowest BCUT2D eigenvalue weighted by Gasteiger charge is -2.29. The molecule has 2 unspecified atom stereocenters. The van der Waals surface area contributed by atoms with Crippen molar-refractivity contribution in [1.82, 2.24) is 20.3 Å². The molecule has 0 spiro atoms. The van der Waals surface area contributed by atoms with E-state index in [4.69, 9.17) is 14.4 Å². The first-order valence-corrected chi connectivity index (χ1v) is 19.4. The highest BCUT2D eigenvalue weighted by Crippen LogP contribution is 2.41. The highest BCUT2D eigenvalue weighted by Gasteiger charge is 2.29. The first kappa shape index (κ1) is 39.3. The summed E-state index contributed by atoms with van der Waals surface area (Å²) in [5, 5.41) is 30.8. The van der Waals surface area contributed by atoms with Crippen LogP contribution in [0.1, 0.15) is 48.0 Å². The van der Waals surface area contributed by atoms with Crippen LogP contribution in [0, 0.1) is 0 Å². The molecule has 16 heteroatoms. The zero-order chi connectivity index (χ0) is 37.8. The van der Waals surface area contributed by atoms with E-state index in [-0.39, 0.29) is 56.6 Å². The molecule has 1 aliphatic rings. The zero-order valence-electron chi connectivity index (χ0n) is 29.4. The maximum atomic E-state index is 13.9. The van der Waals surface area contributed by atoms with E-state index in [0.717, 1.165) is 34.7 Å². The summed E-state index contributed by atoms with van der Waals surface area (Å²) >= 11 is 0. The topological polar surface area (TPSA) is 203 Å². The van der Waals surface area contributed by atoms with Gasteiger partial charge in [0.2, 0.25) is 11.8 Å². The summed E-state index contributed by atoms with van der Waals surface area (Å²) in [4.78, 5) is 48.4. The van der Waals surface area contributed by atoms with E-state index in [1.165, 1.54) is 12.1 Å². The molecular formula is C37H44N5O10P. The molecule has 4 N–H and O–H groups in total. The number of unbranched alkanes of at least 4 members (excludes halogenated alkanes) is 1. The quantitative estimate of drug-likeness (QED) is 0.0773. The average molecular weight is 750 g/mol. The summed E-state index contributed by atoms with van der Waals surface area (Å²) in [7, 11) is -3.66. The van der Waals surface area contributed by atoms with Crippen LogP contribution in [0.15, 0.2) is 72.8 Å². The number of aliphatic hydroxyl groups is 1. The summed E-state index contributed by atoms with van der Waals surface area (Å²) in [5.74, 6) is -0.691. The van der Waals surface area contributed by atoms with Crippen LogP contribution in [0.4, 0.5) is 5.69 Å². The summed E-state index contributed by atoms with van der Waals surface area (Å²) < 4.78 is 28.8. The Balaban J connectivity index is 1.16.